The number of amides is 2. The first-order chi connectivity index (χ1) is 20.6. The van der Waals surface area contributed by atoms with Gasteiger partial charge in [0.05, 0.1) is 10.6 Å². The van der Waals surface area contributed by atoms with E-state index in [1.54, 1.807) is 25.1 Å². The smallest absolute Gasteiger partial charge is 0.264 e. The van der Waals surface area contributed by atoms with Crippen molar-refractivity contribution in [2.45, 2.75) is 30.8 Å². The molecule has 4 aromatic rings. The second-order valence-corrected chi connectivity index (χ2v) is 13.3. The highest BCUT2D eigenvalue weighted by Gasteiger charge is 2.34. The lowest BCUT2D eigenvalue weighted by molar-refractivity contribution is -0.140. The highest BCUT2D eigenvalue weighted by Crippen LogP contribution is 2.28. The Morgan fingerprint density at radius 1 is 0.837 bits per heavy atom. The second kappa shape index (κ2) is 14.9. The molecule has 0 aliphatic heterocycles. The average Bonchev–Trinajstić information content (AvgIpc) is 2.98. The standard InChI is InChI=1S/C32H30BrCl2N3O4S/c1-2-36-32(40)30(19-23-8-4-3-5-9-23)37(21-24-10-6-11-25(33)18-24)31(39)22-38(28-13-7-12-27(35)20-28)43(41,42)29-16-14-26(34)15-17-29/h3-18,20,30H,2,19,21-22H2,1H3,(H,36,40)/t30-/m0/s1. The van der Waals surface area contributed by atoms with Crippen molar-refractivity contribution in [3.63, 3.8) is 0 Å². The van der Waals surface area contributed by atoms with Gasteiger partial charge in [-0.1, -0.05) is 87.7 Å². The highest BCUT2D eigenvalue weighted by molar-refractivity contribution is 9.10. The van der Waals surface area contributed by atoms with Crippen molar-refractivity contribution in [2.24, 2.45) is 0 Å². The second-order valence-electron chi connectivity index (χ2n) is 9.70. The van der Waals surface area contributed by atoms with Gasteiger partial charge in [-0.05, 0) is 72.6 Å². The van der Waals surface area contributed by atoms with Gasteiger partial charge in [0, 0.05) is 34.0 Å². The molecular formula is C32H30BrCl2N3O4S. The molecule has 0 bridgehead atoms. The topological polar surface area (TPSA) is 86.8 Å². The maximum atomic E-state index is 14.3. The molecule has 0 aromatic heterocycles. The lowest BCUT2D eigenvalue weighted by atomic mass is 10.0. The van der Waals surface area contributed by atoms with Crippen LogP contribution in [0.5, 0.6) is 0 Å². The minimum Gasteiger partial charge on any atom is -0.355 e. The SMILES string of the molecule is CCNC(=O)[C@H](Cc1ccccc1)N(Cc1cccc(Br)c1)C(=O)CN(c1cccc(Cl)c1)S(=O)(=O)c1ccc(Cl)cc1. The Kier molecular flexibility index (Phi) is 11.3. The van der Waals surface area contributed by atoms with Crippen molar-refractivity contribution in [1.29, 1.82) is 0 Å². The fraction of sp³-hybridized carbons (Fsp3) is 0.188. The zero-order valence-corrected chi connectivity index (χ0v) is 27.2. The lowest BCUT2D eigenvalue weighted by Gasteiger charge is -2.34. The summed E-state index contributed by atoms with van der Waals surface area (Å²) in [6.07, 6.45) is 0.230. The summed E-state index contributed by atoms with van der Waals surface area (Å²) in [6.45, 7) is 1.65. The zero-order chi connectivity index (χ0) is 31.0. The van der Waals surface area contributed by atoms with Crippen LogP contribution in [0.2, 0.25) is 10.0 Å². The number of nitrogens with one attached hydrogen (secondary N) is 1. The lowest BCUT2D eigenvalue weighted by Crippen LogP contribution is -2.53. The molecule has 0 spiro atoms. The normalized spacial score (nSPS) is 11.9. The average molecular weight is 703 g/mol. The highest BCUT2D eigenvalue weighted by atomic mass is 79.9. The first-order valence-corrected chi connectivity index (χ1v) is 16.5. The molecule has 0 saturated carbocycles. The molecule has 2 amide bonds. The molecule has 0 aliphatic carbocycles. The fourth-order valence-corrected chi connectivity index (χ4v) is 6.73. The van der Waals surface area contributed by atoms with Crippen molar-refractivity contribution >= 4 is 66.7 Å². The van der Waals surface area contributed by atoms with Gasteiger partial charge in [0.1, 0.15) is 12.6 Å². The van der Waals surface area contributed by atoms with E-state index in [4.69, 9.17) is 23.2 Å². The number of sulfonamides is 1. The molecule has 0 aliphatic rings. The summed E-state index contributed by atoms with van der Waals surface area (Å²) < 4.78 is 29.8. The predicted octanol–water partition coefficient (Wildman–Crippen LogP) is 6.73. The zero-order valence-electron chi connectivity index (χ0n) is 23.3. The number of hydrogen-bond donors (Lipinski definition) is 1. The Labute approximate surface area is 270 Å². The number of anilines is 1. The van der Waals surface area contributed by atoms with E-state index in [1.807, 2.05) is 54.6 Å². The number of rotatable bonds is 12. The molecule has 7 nitrogen and oxygen atoms in total. The molecule has 43 heavy (non-hydrogen) atoms. The monoisotopic (exact) mass is 701 g/mol. The van der Waals surface area contributed by atoms with E-state index in [2.05, 4.69) is 21.2 Å². The van der Waals surface area contributed by atoms with E-state index in [1.165, 1.54) is 35.2 Å². The third kappa shape index (κ3) is 8.60. The number of halogens is 3. The summed E-state index contributed by atoms with van der Waals surface area (Å²) >= 11 is 15.8. The van der Waals surface area contributed by atoms with E-state index in [0.29, 0.717) is 16.6 Å². The Bertz CT molecular complexity index is 1670. The number of likely N-dealkylation sites (N-methyl/N-ethyl adjacent to an activating group) is 1. The minimum atomic E-state index is -4.25. The van der Waals surface area contributed by atoms with Crippen LogP contribution in [0.1, 0.15) is 18.1 Å². The summed E-state index contributed by atoms with van der Waals surface area (Å²) in [6, 6.07) is 27.8. The van der Waals surface area contributed by atoms with E-state index >= 15 is 0 Å². The number of carbonyl (C=O) groups excluding carboxylic acids is 2. The van der Waals surface area contributed by atoms with Gasteiger partial charge in [-0.2, -0.15) is 0 Å². The van der Waals surface area contributed by atoms with Crippen molar-refractivity contribution in [2.75, 3.05) is 17.4 Å². The Morgan fingerprint density at radius 3 is 2.16 bits per heavy atom. The predicted molar refractivity (Wildman–Crippen MR) is 175 cm³/mol. The minimum absolute atomic E-state index is 0.0484. The number of benzene rings is 4. The van der Waals surface area contributed by atoms with Crippen LogP contribution in [-0.4, -0.2) is 44.3 Å². The molecule has 1 atom stereocenters. The van der Waals surface area contributed by atoms with Crippen LogP contribution >= 0.6 is 39.1 Å². The van der Waals surface area contributed by atoms with Gasteiger partial charge in [-0.25, -0.2) is 8.42 Å². The molecule has 224 valence electrons. The van der Waals surface area contributed by atoms with Crippen molar-refractivity contribution in [3.05, 3.63) is 129 Å². The molecule has 1 N–H and O–H groups in total. The Hall–Kier alpha value is -3.37. The molecule has 11 heteroatoms. The molecular weight excluding hydrogens is 673 g/mol. The van der Waals surface area contributed by atoms with E-state index < -0.39 is 28.5 Å². The van der Waals surface area contributed by atoms with Gasteiger partial charge in [-0.15, -0.1) is 0 Å². The first kappa shape index (κ1) is 32.5. The van der Waals surface area contributed by atoms with Gasteiger partial charge in [0.25, 0.3) is 10.0 Å². The van der Waals surface area contributed by atoms with Crippen molar-refractivity contribution in [1.82, 2.24) is 10.2 Å². The maximum Gasteiger partial charge on any atom is 0.264 e. The first-order valence-electron chi connectivity index (χ1n) is 13.5. The molecule has 4 rings (SSSR count). The Morgan fingerprint density at radius 2 is 1.51 bits per heavy atom. The van der Waals surface area contributed by atoms with Crippen LogP contribution < -0.4 is 9.62 Å². The number of hydrogen-bond acceptors (Lipinski definition) is 4. The van der Waals surface area contributed by atoms with Gasteiger partial charge in [0.15, 0.2) is 0 Å². The quantitative estimate of drug-likeness (QED) is 0.178. The van der Waals surface area contributed by atoms with Crippen LogP contribution in [0.4, 0.5) is 5.69 Å². The molecule has 0 unspecified atom stereocenters. The largest absolute Gasteiger partial charge is 0.355 e. The van der Waals surface area contributed by atoms with Crippen molar-refractivity contribution in [3.8, 4) is 0 Å². The number of carbonyl (C=O) groups is 2. The molecule has 0 radical (unpaired) electrons. The molecule has 0 heterocycles. The van der Waals surface area contributed by atoms with Crippen LogP contribution in [0.15, 0.2) is 112 Å². The van der Waals surface area contributed by atoms with Gasteiger partial charge in [0.2, 0.25) is 11.8 Å². The number of nitrogens with zero attached hydrogens (tertiary/aromatic N) is 2. The molecule has 0 fully saturated rings. The molecule has 0 saturated heterocycles. The fourth-order valence-electron chi connectivity index (χ4n) is 4.57. The van der Waals surface area contributed by atoms with E-state index in [0.717, 1.165) is 19.9 Å². The summed E-state index contributed by atoms with van der Waals surface area (Å²) in [5.74, 6) is -0.908. The Balaban J connectivity index is 1.80. The van der Waals surface area contributed by atoms with Gasteiger partial charge >= 0.3 is 0 Å². The van der Waals surface area contributed by atoms with E-state index in [-0.39, 0.29) is 29.5 Å². The summed E-state index contributed by atoms with van der Waals surface area (Å²) in [4.78, 5) is 29.3. The molecule has 4 aromatic carbocycles. The maximum absolute atomic E-state index is 14.3. The van der Waals surface area contributed by atoms with Gasteiger partial charge < -0.3 is 10.2 Å². The van der Waals surface area contributed by atoms with Gasteiger partial charge in [-0.3, -0.25) is 13.9 Å². The van der Waals surface area contributed by atoms with Crippen LogP contribution in [-0.2, 0) is 32.6 Å². The third-order valence-electron chi connectivity index (χ3n) is 6.64. The van der Waals surface area contributed by atoms with E-state index in [9.17, 15) is 18.0 Å². The summed E-state index contributed by atoms with van der Waals surface area (Å²) in [7, 11) is -4.25. The summed E-state index contributed by atoms with van der Waals surface area (Å²) in [5.41, 5.74) is 1.82. The van der Waals surface area contributed by atoms with Crippen LogP contribution in [0, 0.1) is 0 Å². The third-order valence-corrected chi connectivity index (χ3v) is 9.41. The van der Waals surface area contributed by atoms with Crippen molar-refractivity contribution < 1.29 is 18.0 Å². The van der Waals surface area contributed by atoms with Crippen LogP contribution in [0.25, 0.3) is 0 Å². The summed E-state index contributed by atoms with van der Waals surface area (Å²) in [5, 5.41) is 3.52. The van der Waals surface area contributed by atoms with Crippen LogP contribution in [0.3, 0.4) is 0 Å².